The molecule has 0 aromatic heterocycles. The number of carboxylic acid groups (broad SMARTS) is 2. The van der Waals surface area contributed by atoms with E-state index in [1.807, 2.05) is 0 Å². The molecule has 0 unspecified atom stereocenters. The van der Waals surface area contributed by atoms with E-state index in [1.54, 1.807) is 0 Å². The number of aliphatic carboxylic acids is 2. The number of carboxylic acids is 2. The van der Waals surface area contributed by atoms with Crippen molar-refractivity contribution in [3.63, 3.8) is 0 Å². The fraction of sp³-hybridized carbons (Fsp3) is 0.885. The van der Waals surface area contributed by atoms with Crippen molar-refractivity contribution >= 4 is 17.8 Å². The van der Waals surface area contributed by atoms with Crippen LogP contribution in [0.4, 0.5) is 0 Å². The number of hydrogen-bond acceptors (Lipinski definition) is 4. The van der Waals surface area contributed by atoms with Crippen LogP contribution in [0.3, 0.4) is 0 Å². The van der Waals surface area contributed by atoms with Crippen molar-refractivity contribution in [1.29, 1.82) is 0 Å². The van der Waals surface area contributed by atoms with Crippen LogP contribution in [0.15, 0.2) is 4.99 Å². The van der Waals surface area contributed by atoms with Crippen LogP contribution in [0, 0.1) is 0 Å². The molecule has 1 heterocycles. The topological polar surface area (TPSA) is 96.2 Å². The maximum atomic E-state index is 11.5. The molecule has 0 aliphatic carbocycles. The van der Waals surface area contributed by atoms with Crippen LogP contribution in [0.5, 0.6) is 0 Å². The Kier molecular flexibility index (Phi) is 16.9. The Hall–Kier alpha value is -1.47. The van der Waals surface area contributed by atoms with Gasteiger partial charge in [-0.1, -0.05) is 96.8 Å². The second kappa shape index (κ2) is 18.9. The van der Waals surface area contributed by atoms with E-state index in [0.29, 0.717) is 24.1 Å². The molecule has 0 amide bonds. The molecule has 33 heavy (non-hydrogen) atoms. The maximum Gasteiger partial charge on any atom is 0.359 e. The first-order valence-corrected chi connectivity index (χ1v) is 13.4. The van der Waals surface area contributed by atoms with Gasteiger partial charge in [-0.2, -0.15) is 0 Å². The summed E-state index contributed by atoms with van der Waals surface area (Å²) >= 11 is 0. The largest absolute Gasteiger partial charge is 0.480 e. The summed E-state index contributed by atoms with van der Waals surface area (Å²) in [6, 6.07) is 0. The average molecular weight is 470 g/mol. The fourth-order valence-corrected chi connectivity index (χ4v) is 4.77. The van der Waals surface area contributed by atoms with Crippen LogP contribution >= 0.6 is 0 Å². The quantitative estimate of drug-likeness (QED) is 0.149. The highest BCUT2D eigenvalue weighted by Gasteiger charge is 2.39. The number of nitrogens with zero attached hydrogens (tertiary/aromatic N) is 2. The van der Waals surface area contributed by atoms with Gasteiger partial charge in [0.05, 0.1) is 13.2 Å². The van der Waals surface area contributed by atoms with Crippen LogP contribution in [-0.2, 0) is 14.3 Å². The monoisotopic (exact) mass is 469 g/mol. The van der Waals surface area contributed by atoms with E-state index in [0.717, 1.165) is 25.1 Å². The minimum absolute atomic E-state index is 0.00595. The molecule has 7 nitrogen and oxygen atoms in total. The first-order valence-electron chi connectivity index (χ1n) is 13.4. The third-order valence-electron chi connectivity index (χ3n) is 6.70. The summed E-state index contributed by atoms with van der Waals surface area (Å²) < 4.78 is 5.49. The molecule has 0 aromatic carbocycles. The molecule has 1 atom stereocenters. The second-order valence-corrected chi connectivity index (χ2v) is 9.59. The summed E-state index contributed by atoms with van der Waals surface area (Å²) in [6.07, 6.45) is 20.7. The minimum atomic E-state index is -1.01. The molecule has 0 aromatic rings. The number of carbonyl (C=O) groups is 2. The van der Waals surface area contributed by atoms with E-state index >= 15 is 0 Å². The summed E-state index contributed by atoms with van der Waals surface area (Å²) in [5, 5.41) is 18.1. The van der Waals surface area contributed by atoms with E-state index in [2.05, 4.69) is 11.9 Å². The highest BCUT2D eigenvalue weighted by molar-refractivity contribution is 5.80. The highest BCUT2D eigenvalue weighted by atomic mass is 16.5. The lowest BCUT2D eigenvalue weighted by molar-refractivity contribution is -0.829. The summed E-state index contributed by atoms with van der Waals surface area (Å²) in [5.74, 6) is -0.904. The molecule has 0 spiro atoms. The van der Waals surface area contributed by atoms with Crippen molar-refractivity contribution in [3.8, 4) is 0 Å². The van der Waals surface area contributed by atoms with Crippen molar-refractivity contribution in [2.24, 2.45) is 4.99 Å². The smallest absolute Gasteiger partial charge is 0.359 e. The Morgan fingerprint density at radius 2 is 1.33 bits per heavy atom. The van der Waals surface area contributed by atoms with E-state index < -0.39 is 11.9 Å². The number of hydrogen-bond donors (Lipinski definition) is 2. The first kappa shape index (κ1) is 29.6. The molecule has 0 saturated carbocycles. The van der Waals surface area contributed by atoms with Crippen LogP contribution in [0.2, 0.25) is 0 Å². The number of ether oxygens (including phenoxy) is 1. The average Bonchev–Trinajstić information content (AvgIpc) is 3.15. The SMILES string of the molecule is CCCCCCCCCCCCCCCCCC1=NCC[N@+]1(CCOCC(=O)O)CC(=O)O. The van der Waals surface area contributed by atoms with Gasteiger partial charge in [-0.05, 0) is 6.42 Å². The molecule has 0 bridgehead atoms. The molecule has 1 rings (SSSR count). The Labute approximate surface area is 201 Å². The number of quaternary nitrogens is 1. The van der Waals surface area contributed by atoms with Crippen molar-refractivity contribution < 1.29 is 29.0 Å². The molecule has 192 valence electrons. The predicted octanol–water partition coefficient (Wildman–Crippen LogP) is 5.66. The molecular formula is C26H49N2O5+. The minimum Gasteiger partial charge on any atom is -0.480 e. The van der Waals surface area contributed by atoms with E-state index in [-0.39, 0.29) is 19.8 Å². The fourth-order valence-electron chi connectivity index (χ4n) is 4.77. The number of rotatable bonds is 23. The summed E-state index contributed by atoms with van der Waals surface area (Å²) in [5.41, 5.74) is 0. The maximum absolute atomic E-state index is 11.5. The van der Waals surface area contributed by atoms with Crippen molar-refractivity contribution in [2.75, 3.05) is 39.4 Å². The first-order chi connectivity index (χ1) is 16.0. The molecule has 1 aliphatic heterocycles. The molecule has 7 heteroatoms. The van der Waals surface area contributed by atoms with E-state index in [4.69, 9.17) is 9.84 Å². The van der Waals surface area contributed by atoms with E-state index in [9.17, 15) is 14.7 Å². The summed E-state index contributed by atoms with van der Waals surface area (Å²) in [6.45, 7) is 3.92. The third kappa shape index (κ3) is 14.4. The Morgan fingerprint density at radius 1 is 0.818 bits per heavy atom. The third-order valence-corrected chi connectivity index (χ3v) is 6.70. The molecule has 0 saturated heterocycles. The zero-order valence-electron chi connectivity index (χ0n) is 21.1. The zero-order chi connectivity index (χ0) is 24.2. The van der Waals surface area contributed by atoms with Crippen molar-refractivity contribution in [3.05, 3.63) is 0 Å². The van der Waals surface area contributed by atoms with Crippen molar-refractivity contribution in [2.45, 2.75) is 110 Å². The Bertz CT molecular complexity index is 567. The lowest BCUT2D eigenvalue weighted by Crippen LogP contribution is -2.55. The van der Waals surface area contributed by atoms with Gasteiger partial charge in [0.2, 0.25) is 0 Å². The van der Waals surface area contributed by atoms with Crippen LogP contribution < -0.4 is 0 Å². The van der Waals surface area contributed by atoms with Gasteiger partial charge in [0.25, 0.3) is 0 Å². The van der Waals surface area contributed by atoms with Gasteiger partial charge < -0.3 is 14.9 Å². The Morgan fingerprint density at radius 3 is 1.82 bits per heavy atom. The summed E-state index contributed by atoms with van der Waals surface area (Å²) in [7, 11) is 0. The zero-order valence-corrected chi connectivity index (χ0v) is 21.1. The van der Waals surface area contributed by atoms with Crippen LogP contribution in [0.1, 0.15) is 110 Å². The van der Waals surface area contributed by atoms with Crippen LogP contribution in [-0.4, -0.2) is 71.9 Å². The van der Waals surface area contributed by atoms with Gasteiger partial charge in [0.1, 0.15) is 19.7 Å². The normalized spacial score (nSPS) is 17.9. The Balaban J connectivity index is 2.11. The van der Waals surface area contributed by atoms with Gasteiger partial charge >= 0.3 is 11.9 Å². The predicted molar refractivity (Wildman–Crippen MR) is 133 cm³/mol. The molecule has 0 radical (unpaired) electrons. The lowest BCUT2D eigenvalue weighted by Gasteiger charge is -2.33. The van der Waals surface area contributed by atoms with Gasteiger partial charge in [-0.25, -0.2) is 14.6 Å². The van der Waals surface area contributed by atoms with Gasteiger partial charge in [0.15, 0.2) is 12.4 Å². The molecule has 2 N–H and O–H groups in total. The van der Waals surface area contributed by atoms with Gasteiger partial charge in [-0.3, -0.25) is 4.48 Å². The molecule has 0 fully saturated rings. The standard InChI is InChI=1S/C26H48N2O5/c1-2-3-4-5-6-7-8-9-10-11-12-13-14-15-16-17-24-27-18-19-28(24,22-25(29)30)20-21-33-23-26(31)32/h2-23H2,1H3,(H-,29,30,31,32)/p+1/t28-/m0/s1. The highest BCUT2D eigenvalue weighted by Crippen LogP contribution is 2.21. The second-order valence-electron chi connectivity index (χ2n) is 9.59. The van der Waals surface area contributed by atoms with Crippen molar-refractivity contribution in [1.82, 2.24) is 0 Å². The number of aliphatic imine (C=N–C) groups is 1. The van der Waals surface area contributed by atoms with E-state index in [1.165, 1.54) is 83.5 Å². The lowest BCUT2D eigenvalue weighted by atomic mass is 10.0. The van der Waals surface area contributed by atoms with Crippen LogP contribution in [0.25, 0.3) is 0 Å². The molecular weight excluding hydrogens is 420 g/mol. The van der Waals surface area contributed by atoms with Gasteiger partial charge in [-0.15, -0.1) is 0 Å². The summed E-state index contributed by atoms with van der Waals surface area (Å²) in [4.78, 5) is 26.7. The molecule has 1 aliphatic rings. The number of unbranched alkanes of at least 4 members (excludes halogenated alkanes) is 14. The number of amidine groups is 1. The van der Waals surface area contributed by atoms with Gasteiger partial charge in [0, 0.05) is 6.42 Å².